The maximum absolute atomic E-state index is 12.1. The molecule has 2 aromatic rings. The lowest BCUT2D eigenvalue weighted by Crippen LogP contribution is -2.31. The molecule has 2 rings (SSSR count). The van der Waals surface area contributed by atoms with Crippen LogP contribution in [-0.4, -0.2) is 18.5 Å². The topological polar surface area (TPSA) is 70.2 Å². The summed E-state index contributed by atoms with van der Waals surface area (Å²) in [5.74, 6) is -0.189. The lowest BCUT2D eigenvalue weighted by atomic mass is 10.1. The maximum Gasteiger partial charge on any atom is 0.319 e. The number of amides is 3. The monoisotopic (exact) mass is 357 g/mol. The van der Waals surface area contributed by atoms with Gasteiger partial charge >= 0.3 is 6.03 Å². The van der Waals surface area contributed by atoms with Crippen LogP contribution in [0.1, 0.15) is 28.9 Å². The molecule has 0 spiro atoms. The average molecular weight is 358 g/mol. The Morgan fingerprint density at radius 2 is 1.92 bits per heavy atom. The number of carbonyl (C=O) groups excluding carboxylic acids is 2. The smallest absolute Gasteiger partial charge is 0.319 e. The quantitative estimate of drug-likeness (QED) is 0.680. The fraction of sp³-hybridized carbons (Fsp3) is 0.158. The molecule has 0 radical (unpaired) electrons. The van der Waals surface area contributed by atoms with Crippen molar-refractivity contribution in [2.45, 2.75) is 13.0 Å². The van der Waals surface area contributed by atoms with Crippen molar-refractivity contribution in [1.82, 2.24) is 10.6 Å². The van der Waals surface area contributed by atoms with Crippen molar-refractivity contribution in [1.29, 1.82) is 0 Å². The van der Waals surface area contributed by atoms with Gasteiger partial charge in [0, 0.05) is 22.8 Å². The number of rotatable bonds is 6. The highest BCUT2D eigenvalue weighted by molar-refractivity contribution is 6.30. The number of benzene rings is 2. The van der Waals surface area contributed by atoms with E-state index in [0.717, 1.165) is 5.56 Å². The molecule has 0 fully saturated rings. The Morgan fingerprint density at radius 3 is 2.56 bits per heavy atom. The number of urea groups is 1. The summed E-state index contributed by atoms with van der Waals surface area (Å²) in [6.45, 7) is 5.83. The van der Waals surface area contributed by atoms with Gasteiger partial charge in [0.15, 0.2) is 0 Å². The van der Waals surface area contributed by atoms with E-state index >= 15 is 0 Å². The molecule has 130 valence electrons. The molecule has 0 aromatic heterocycles. The van der Waals surface area contributed by atoms with E-state index in [-0.39, 0.29) is 18.0 Å². The SMILES string of the molecule is C=CCNC(=O)c1ccc(NC(=O)NC(C)c2cccc(Cl)c2)cc1. The normalized spacial score (nSPS) is 11.3. The van der Waals surface area contributed by atoms with Gasteiger partial charge in [-0.3, -0.25) is 4.79 Å². The number of anilines is 1. The Balaban J connectivity index is 1.92. The Morgan fingerprint density at radius 1 is 1.20 bits per heavy atom. The summed E-state index contributed by atoms with van der Waals surface area (Å²) in [6, 6.07) is 13.4. The van der Waals surface area contributed by atoms with Gasteiger partial charge in [-0.2, -0.15) is 0 Å². The van der Waals surface area contributed by atoms with E-state index in [1.54, 1.807) is 36.4 Å². The summed E-state index contributed by atoms with van der Waals surface area (Å²) in [7, 11) is 0. The predicted octanol–water partition coefficient (Wildman–Crippen LogP) is 4.14. The van der Waals surface area contributed by atoms with Gasteiger partial charge in [-0.05, 0) is 48.9 Å². The van der Waals surface area contributed by atoms with Crippen molar-refractivity contribution in [3.63, 3.8) is 0 Å². The third-order valence-corrected chi connectivity index (χ3v) is 3.74. The summed E-state index contributed by atoms with van der Waals surface area (Å²) < 4.78 is 0. The first-order valence-electron chi connectivity index (χ1n) is 7.81. The van der Waals surface area contributed by atoms with Crippen LogP contribution in [0.15, 0.2) is 61.2 Å². The second-order valence-electron chi connectivity index (χ2n) is 5.45. The minimum Gasteiger partial charge on any atom is -0.349 e. The molecule has 0 saturated heterocycles. The minimum absolute atomic E-state index is 0.189. The number of hydrogen-bond acceptors (Lipinski definition) is 2. The van der Waals surface area contributed by atoms with E-state index in [9.17, 15) is 9.59 Å². The van der Waals surface area contributed by atoms with Crippen LogP contribution in [0.25, 0.3) is 0 Å². The molecular formula is C19H20ClN3O2. The second-order valence-corrected chi connectivity index (χ2v) is 5.89. The van der Waals surface area contributed by atoms with Gasteiger partial charge in [-0.1, -0.05) is 29.8 Å². The van der Waals surface area contributed by atoms with Crippen molar-refractivity contribution in [2.75, 3.05) is 11.9 Å². The van der Waals surface area contributed by atoms with Gasteiger partial charge in [0.1, 0.15) is 0 Å². The predicted molar refractivity (Wildman–Crippen MR) is 101 cm³/mol. The highest BCUT2D eigenvalue weighted by Crippen LogP contribution is 2.17. The van der Waals surface area contributed by atoms with Crippen molar-refractivity contribution in [2.24, 2.45) is 0 Å². The van der Waals surface area contributed by atoms with Gasteiger partial charge in [0.2, 0.25) is 0 Å². The van der Waals surface area contributed by atoms with Crippen molar-refractivity contribution >= 4 is 29.2 Å². The summed E-state index contributed by atoms with van der Waals surface area (Å²) in [4.78, 5) is 23.9. The fourth-order valence-corrected chi connectivity index (χ4v) is 2.39. The molecule has 0 saturated carbocycles. The second kappa shape index (κ2) is 8.89. The van der Waals surface area contributed by atoms with Crippen molar-refractivity contribution in [3.05, 3.63) is 77.3 Å². The maximum atomic E-state index is 12.1. The number of nitrogens with one attached hydrogen (secondary N) is 3. The first-order valence-corrected chi connectivity index (χ1v) is 8.19. The number of hydrogen-bond donors (Lipinski definition) is 3. The lowest BCUT2D eigenvalue weighted by Gasteiger charge is -2.15. The van der Waals surface area contributed by atoms with Crippen LogP contribution in [0.4, 0.5) is 10.5 Å². The third kappa shape index (κ3) is 5.65. The zero-order chi connectivity index (χ0) is 18.2. The van der Waals surface area contributed by atoms with Gasteiger partial charge in [0.05, 0.1) is 6.04 Å². The molecule has 0 aliphatic carbocycles. The van der Waals surface area contributed by atoms with Crippen LogP contribution in [0.2, 0.25) is 5.02 Å². The zero-order valence-electron chi connectivity index (χ0n) is 13.9. The summed E-state index contributed by atoms with van der Waals surface area (Å²) >= 11 is 5.96. The average Bonchev–Trinajstić information content (AvgIpc) is 2.60. The summed E-state index contributed by atoms with van der Waals surface area (Å²) in [5.41, 5.74) is 2.02. The fourth-order valence-electron chi connectivity index (χ4n) is 2.19. The van der Waals surface area contributed by atoms with E-state index in [2.05, 4.69) is 22.5 Å². The van der Waals surface area contributed by atoms with Crippen LogP contribution in [0, 0.1) is 0 Å². The van der Waals surface area contributed by atoms with E-state index in [4.69, 9.17) is 11.6 Å². The highest BCUT2D eigenvalue weighted by Gasteiger charge is 2.10. The molecule has 1 unspecified atom stereocenters. The molecule has 5 nitrogen and oxygen atoms in total. The molecule has 2 aromatic carbocycles. The Hall–Kier alpha value is -2.79. The molecule has 6 heteroatoms. The molecule has 0 bridgehead atoms. The van der Waals surface area contributed by atoms with Crippen LogP contribution >= 0.6 is 11.6 Å². The number of carbonyl (C=O) groups is 2. The molecular weight excluding hydrogens is 338 g/mol. The Labute approximate surface area is 152 Å². The van der Waals surface area contributed by atoms with Crippen molar-refractivity contribution < 1.29 is 9.59 Å². The molecule has 25 heavy (non-hydrogen) atoms. The van der Waals surface area contributed by atoms with Gasteiger partial charge in [-0.15, -0.1) is 6.58 Å². The Bertz CT molecular complexity index is 760. The van der Waals surface area contributed by atoms with Gasteiger partial charge in [-0.25, -0.2) is 4.79 Å². The molecule has 0 heterocycles. The van der Waals surface area contributed by atoms with Crippen LogP contribution in [-0.2, 0) is 0 Å². The Kier molecular flexibility index (Phi) is 6.60. The standard InChI is InChI=1S/C19H20ClN3O2/c1-3-11-21-18(24)14-7-9-17(10-8-14)23-19(25)22-13(2)15-5-4-6-16(20)12-15/h3-10,12-13H,1,11H2,2H3,(H,21,24)(H2,22,23,25). The van der Waals surface area contributed by atoms with E-state index in [1.807, 2.05) is 25.1 Å². The number of halogens is 1. The molecule has 0 aliphatic heterocycles. The van der Waals surface area contributed by atoms with E-state index in [1.165, 1.54) is 0 Å². The molecule has 3 amide bonds. The first kappa shape index (κ1) is 18.5. The molecule has 1 atom stereocenters. The van der Waals surface area contributed by atoms with Crippen LogP contribution in [0.3, 0.4) is 0 Å². The highest BCUT2D eigenvalue weighted by atomic mass is 35.5. The third-order valence-electron chi connectivity index (χ3n) is 3.51. The molecule has 3 N–H and O–H groups in total. The van der Waals surface area contributed by atoms with Crippen LogP contribution < -0.4 is 16.0 Å². The summed E-state index contributed by atoms with van der Waals surface area (Å²) in [5, 5.41) is 8.89. The van der Waals surface area contributed by atoms with Crippen molar-refractivity contribution in [3.8, 4) is 0 Å². The van der Waals surface area contributed by atoms with E-state index in [0.29, 0.717) is 22.8 Å². The zero-order valence-corrected chi connectivity index (χ0v) is 14.6. The van der Waals surface area contributed by atoms with Gasteiger partial charge < -0.3 is 16.0 Å². The first-order chi connectivity index (χ1) is 12.0. The molecule has 0 aliphatic rings. The van der Waals surface area contributed by atoms with Gasteiger partial charge in [0.25, 0.3) is 5.91 Å². The van der Waals surface area contributed by atoms with Crippen LogP contribution in [0.5, 0.6) is 0 Å². The minimum atomic E-state index is -0.337. The van der Waals surface area contributed by atoms with E-state index < -0.39 is 0 Å². The lowest BCUT2D eigenvalue weighted by molar-refractivity contribution is 0.0958. The largest absolute Gasteiger partial charge is 0.349 e. The summed E-state index contributed by atoms with van der Waals surface area (Å²) in [6.07, 6.45) is 1.61.